The van der Waals surface area contributed by atoms with Crippen molar-refractivity contribution in [3.8, 4) is 5.75 Å². The summed E-state index contributed by atoms with van der Waals surface area (Å²) in [5.74, 6) is 1.61. The van der Waals surface area contributed by atoms with Gasteiger partial charge in [0.25, 0.3) is 0 Å². The topological polar surface area (TPSA) is 82.2 Å². The van der Waals surface area contributed by atoms with E-state index in [1.807, 2.05) is 53.1 Å². The highest BCUT2D eigenvalue weighted by Crippen LogP contribution is 2.28. The molecule has 1 aliphatic carbocycles. The summed E-state index contributed by atoms with van der Waals surface area (Å²) >= 11 is 0. The van der Waals surface area contributed by atoms with Crippen molar-refractivity contribution in [1.82, 2.24) is 9.55 Å². The number of ether oxygens (including phenoxy) is 1. The van der Waals surface area contributed by atoms with Crippen LogP contribution in [0, 0.1) is 5.92 Å². The third-order valence-corrected chi connectivity index (χ3v) is 5.55. The molecule has 0 saturated heterocycles. The first-order valence-electron chi connectivity index (χ1n) is 9.77. The van der Waals surface area contributed by atoms with Crippen LogP contribution < -0.4 is 15.8 Å². The Kier molecular flexibility index (Phi) is 6.77. The highest BCUT2D eigenvalue weighted by Gasteiger charge is 2.26. The number of aromatic nitrogens is 2. The fourth-order valence-corrected chi connectivity index (χ4v) is 4.02. The molecule has 1 aromatic heterocycles. The molecule has 29 heavy (non-hydrogen) atoms. The van der Waals surface area contributed by atoms with Gasteiger partial charge >= 0.3 is 0 Å². The number of hydrogen-bond donors (Lipinski definition) is 2. The molecule has 2 atom stereocenters. The number of nitrogens with zero attached hydrogens (tertiary/aromatic N) is 2. The predicted octanol–water partition coefficient (Wildman–Crippen LogP) is 3.97. The first-order valence-corrected chi connectivity index (χ1v) is 9.77. The molecule has 1 aliphatic rings. The van der Waals surface area contributed by atoms with Gasteiger partial charge in [0, 0.05) is 12.5 Å². The van der Waals surface area contributed by atoms with Crippen molar-refractivity contribution in [1.29, 1.82) is 0 Å². The summed E-state index contributed by atoms with van der Waals surface area (Å²) in [7, 11) is 1.66. The van der Waals surface area contributed by atoms with Crippen LogP contribution in [0.25, 0.3) is 11.0 Å². The average Bonchev–Trinajstić information content (AvgIpc) is 3.25. The number of nitrogens with one attached hydrogen (secondary N) is 1. The summed E-state index contributed by atoms with van der Waals surface area (Å²) in [4.78, 5) is 17.3. The van der Waals surface area contributed by atoms with E-state index >= 15 is 0 Å². The van der Waals surface area contributed by atoms with Crippen LogP contribution >= 0.6 is 12.4 Å². The summed E-state index contributed by atoms with van der Waals surface area (Å²) < 4.78 is 7.37. The van der Waals surface area contributed by atoms with E-state index in [2.05, 4.69) is 10.3 Å². The zero-order valence-electron chi connectivity index (χ0n) is 16.5. The lowest BCUT2D eigenvalue weighted by Crippen LogP contribution is -2.28. The van der Waals surface area contributed by atoms with Gasteiger partial charge in [0.15, 0.2) is 0 Å². The van der Waals surface area contributed by atoms with Gasteiger partial charge in [-0.1, -0.05) is 30.7 Å². The molecule has 0 unspecified atom stereocenters. The number of fused-ring (bicyclic) bond motifs is 1. The normalized spacial score (nSPS) is 18.4. The Labute approximate surface area is 176 Å². The Bertz CT molecular complexity index is 988. The number of carbonyl (C=O) groups excluding carboxylic acids is 1. The van der Waals surface area contributed by atoms with E-state index in [-0.39, 0.29) is 30.3 Å². The zero-order chi connectivity index (χ0) is 19.5. The van der Waals surface area contributed by atoms with E-state index in [9.17, 15) is 4.79 Å². The SMILES string of the molecule is COc1cccc(Cn2c(NC(=O)C[C@@H]3CCC[C@H]3N)nc3ccccc32)c1.Cl. The molecule has 1 fully saturated rings. The molecule has 0 bridgehead atoms. The quantitative estimate of drug-likeness (QED) is 0.639. The molecule has 3 N–H and O–H groups in total. The largest absolute Gasteiger partial charge is 0.497 e. The van der Waals surface area contributed by atoms with Crippen LogP contribution in [0.2, 0.25) is 0 Å². The van der Waals surface area contributed by atoms with Crippen LogP contribution in [0.4, 0.5) is 5.95 Å². The van der Waals surface area contributed by atoms with Crippen LogP contribution in [0.15, 0.2) is 48.5 Å². The lowest BCUT2D eigenvalue weighted by molar-refractivity contribution is -0.117. The van der Waals surface area contributed by atoms with Gasteiger partial charge in [0.05, 0.1) is 24.7 Å². The number of amides is 1. The standard InChI is InChI=1S/C22H26N4O2.ClH/c1-28-17-8-4-6-15(12-17)14-26-20-11-3-2-10-19(20)24-22(26)25-21(27)13-16-7-5-9-18(16)23;/h2-4,6,8,10-12,16,18H,5,7,9,13-14,23H2,1H3,(H,24,25,27);1H/t16-,18+;/m0./s1. The lowest BCUT2D eigenvalue weighted by atomic mass is 10.00. The van der Waals surface area contributed by atoms with E-state index in [0.29, 0.717) is 18.9 Å². The maximum atomic E-state index is 12.7. The molecule has 1 amide bonds. The van der Waals surface area contributed by atoms with Crippen molar-refractivity contribution < 1.29 is 9.53 Å². The number of hydrogen-bond acceptors (Lipinski definition) is 4. The Morgan fingerprint density at radius 2 is 2.07 bits per heavy atom. The maximum Gasteiger partial charge on any atom is 0.227 e. The minimum atomic E-state index is -0.0236. The highest BCUT2D eigenvalue weighted by molar-refractivity contribution is 5.91. The molecule has 154 valence electrons. The number of methoxy groups -OCH3 is 1. The van der Waals surface area contributed by atoms with Gasteiger partial charge in [0.1, 0.15) is 5.75 Å². The van der Waals surface area contributed by atoms with E-state index < -0.39 is 0 Å². The summed E-state index contributed by atoms with van der Waals surface area (Å²) in [6, 6.07) is 16.0. The summed E-state index contributed by atoms with van der Waals surface area (Å²) in [5, 5.41) is 3.02. The van der Waals surface area contributed by atoms with Crippen LogP contribution in [-0.4, -0.2) is 28.6 Å². The van der Waals surface area contributed by atoms with Crippen molar-refractivity contribution >= 4 is 35.3 Å². The van der Waals surface area contributed by atoms with Crippen LogP contribution in [0.1, 0.15) is 31.2 Å². The number of nitrogens with two attached hydrogens (primary N) is 1. The molecule has 0 spiro atoms. The Morgan fingerprint density at radius 1 is 1.24 bits per heavy atom. The molecule has 1 heterocycles. The second kappa shape index (κ2) is 9.29. The molecule has 0 aliphatic heterocycles. The molecule has 7 heteroatoms. The van der Waals surface area contributed by atoms with Crippen molar-refractivity contribution in [2.24, 2.45) is 11.7 Å². The number of imidazole rings is 1. The minimum Gasteiger partial charge on any atom is -0.497 e. The van der Waals surface area contributed by atoms with Crippen LogP contribution in [0.3, 0.4) is 0 Å². The van der Waals surface area contributed by atoms with Crippen LogP contribution in [-0.2, 0) is 11.3 Å². The Hall–Kier alpha value is -2.57. The minimum absolute atomic E-state index is 0. The van der Waals surface area contributed by atoms with Crippen molar-refractivity contribution in [3.05, 3.63) is 54.1 Å². The second-order valence-electron chi connectivity index (χ2n) is 7.47. The van der Waals surface area contributed by atoms with Crippen molar-refractivity contribution in [3.63, 3.8) is 0 Å². The molecule has 1 saturated carbocycles. The van der Waals surface area contributed by atoms with E-state index in [1.165, 1.54) is 0 Å². The number of benzene rings is 2. The number of anilines is 1. The molecule has 4 rings (SSSR count). The zero-order valence-corrected chi connectivity index (χ0v) is 17.3. The first-order chi connectivity index (χ1) is 13.6. The molecular weight excluding hydrogens is 388 g/mol. The average molecular weight is 415 g/mol. The van der Waals surface area contributed by atoms with Gasteiger partial charge in [-0.25, -0.2) is 4.98 Å². The smallest absolute Gasteiger partial charge is 0.227 e. The maximum absolute atomic E-state index is 12.7. The van der Waals surface area contributed by atoms with Gasteiger partial charge in [-0.3, -0.25) is 10.1 Å². The highest BCUT2D eigenvalue weighted by atomic mass is 35.5. The fourth-order valence-electron chi connectivity index (χ4n) is 4.02. The number of carbonyl (C=O) groups is 1. The molecule has 3 aromatic rings. The van der Waals surface area contributed by atoms with Crippen molar-refractivity contribution in [2.75, 3.05) is 12.4 Å². The number of para-hydroxylation sites is 2. The summed E-state index contributed by atoms with van der Waals surface area (Å²) in [6.07, 6.45) is 3.58. The van der Waals surface area contributed by atoms with Gasteiger partial charge in [-0.2, -0.15) is 0 Å². The van der Waals surface area contributed by atoms with Gasteiger partial charge < -0.3 is 15.0 Å². The third kappa shape index (κ3) is 4.71. The number of halogens is 1. The third-order valence-electron chi connectivity index (χ3n) is 5.55. The fraction of sp³-hybridized carbons (Fsp3) is 0.364. The van der Waals surface area contributed by atoms with Gasteiger partial charge in [-0.05, 0) is 48.6 Å². The van der Waals surface area contributed by atoms with Crippen molar-refractivity contribution in [2.45, 2.75) is 38.3 Å². The molecular formula is C22H27ClN4O2. The molecule has 6 nitrogen and oxygen atoms in total. The Morgan fingerprint density at radius 3 is 2.83 bits per heavy atom. The lowest BCUT2D eigenvalue weighted by Gasteiger charge is -2.15. The predicted molar refractivity (Wildman–Crippen MR) is 118 cm³/mol. The molecule has 0 radical (unpaired) electrons. The second-order valence-corrected chi connectivity index (χ2v) is 7.47. The van der Waals surface area contributed by atoms with Gasteiger partial charge in [0.2, 0.25) is 11.9 Å². The first kappa shape index (κ1) is 21.1. The number of rotatable bonds is 6. The molecule has 2 aromatic carbocycles. The summed E-state index contributed by atoms with van der Waals surface area (Å²) in [6.45, 7) is 0.594. The van der Waals surface area contributed by atoms with E-state index in [1.54, 1.807) is 7.11 Å². The monoisotopic (exact) mass is 414 g/mol. The van der Waals surface area contributed by atoms with E-state index in [0.717, 1.165) is 41.6 Å². The van der Waals surface area contributed by atoms with Crippen LogP contribution in [0.5, 0.6) is 5.75 Å². The summed E-state index contributed by atoms with van der Waals surface area (Å²) in [5.41, 5.74) is 9.05. The Balaban J connectivity index is 0.00000240. The van der Waals surface area contributed by atoms with Gasteiger partial charge in [-0.15, -0.1) is 12.4 Å². The van der Waals surface area contributed by atoms with E-state index in [4.69, 9.17) is 10.5 Å².